The molecule has 0 spiro atoms. The molecule has 0 fully saturated rings. The number of nitrogens with zero attached hydrogens (tertiary/aromatic N) is 1. The van der Waals surface area contributed by atoms with Crippen LogP contribution in [-0.2, 0) is 10.0 Å². The van der Waals surface area contributed by atoms with E-state index in [4.69, 9.17) is 5.84 Å². The topological polar surface area (TPSA) is 63.4 Å². The molecule has 0 saturated heterocycles. The van der Waals surface area contributed by atoms with Gasteiger partial charge in [0.1, 0.15) is 0 Å². The van der Waals surface area contributed by atoms with Gasteiger partial charge in [-0.3, -0.25) is 0 Å². The van der Waals surface area contributed by atoms with Crippen LogP contribution in [0.3, 0.4) is 0 Å². The number of nitrogens with two attached hydrogens (primary N) is 1. The summed E-state index contributed by atoms with van der Waals surface area (Å²) in [7, 11) is -6.52. The lowest BCUT2D eigenvalue weighted by atomic mass is 10.3. The van der Waals surface area contributed by atoms with Crippen molar-refractivity contribution in [1.29, 1.82) is 0 Å². The number of benzene rings is 1. The number of hydrazine groups is 1. The number of alkyl halides is 7. The van der Waals surface area contributed by atoms with Crippen LogP contribution in [0.5, 0.6) is 0 Å². The fourth-order valence-corrected chi connectivity index (χ4v) is 2.25. The van der Waals surface area contributed by atoms with Crippen LogP contribution in [0.2, 0.25) is 0 Å². The Hall–Kier alpha value is -1.56. The molecule has 12 heteroatoms. The predicted molar refractivity (Wildman–Crippen MR) is 58.0 cm³/mol. The minimum Gasteiger partial charge on any atom is -0.233 e. The molecule has 4 nitrogen and oxygen atoms in total. The number of halogens is 7. The average Bonchev–Trinajstić information content (AvgIpc) is 2.37. The minimum atomic E-state index is -6.81. The van der Waals surface area contributed by atoms with Gasteiger partial charge in [0.2, 0.25) is 0 Å². The molecule has 0 bridgehead atoms. The highest BCUT2D eigenvalue weighted by molar-refractivity contribution is 7.93. The number of sulfonamides is 1. The van der Waals surface area contributed by atoms with Crippen molar-refractivity contribution in [2.75, 3.05) is 4.41 Å². The van der Waals surface area contributed by atoms with Gasteiger partial charge in [-0.05, 0) is 12.1 Å². The van der Waals surface area contributed by atoms with E-state index >= 15 is 0 Å². The Labute approximate surface area is 114 Å². The lowest BCUT2D eigenvalue weighted by molar-refractivity contribution is -0.332. The van der Waals surface area contributed by atoms with Crippen LogP contribution in [0, 0.1) is 0 Å². The van der Waals surface area contributed by atoms with Crippen molar-refractivity contribution < 1.29 is 39.2 Å². The molecule has 0 atom stereocenters. The summed E-state index contributed by atoms with van der Waals surface area (Å²) in [6.45, 7) is 0. The quantitative estimate of drug-likeness (QED) is 0.520. The third-order valence-corrected chi connectivity index (χ3v) is 3.95. The molecule has 0 radical (unpaired) electrons. The molecule has 0 heterocycles. The first-order chi connectivity index (χ1) is 9.27. The lowest BCUT2D eigenvalue weighted by Gasteiger charge is -2.31. The van der Waals surface area contributed by atoms with Gasteiger partial charge in [0.15, 0.2) is 0 Å². The van der Waals surface area contributed by atoms with Crippen LogP contribution in [0.25, 0.3) is 0 Å². The van der Waals surface area contributed by atoms with E-state index in [0.717, 1.165) is 24.3 Å². The summed E-state index contributed by atoms with van der Waals surface area (Å²) in [4.78, 5) is 0. The molecule has 2 N–H and O–H groups in total. The molecule has 0 aromatic heterocycles. The summed E-state index contributed by atoms with van der Waals surface area (Å²) in [5.41, 5.74) is -0.713. The van der Waals surface area contributed by atoms with E-state index in [9.17, 15) is 39.2 Å². The standard InChI is InChI=1S/C9H7F7N2O2S/c10-7(11,8(12,13)14)9(15,16)21(19,20)18(17)6-4-2-1-3-5-6/h1-5H,17H2. The second-order valence-corrected chi connectivity index (χ2v) is 5.58. The summed E-state index contributed by atoms with van der Waals surface area (Å²) in [5.74, 6) is -2.05. The van der Waals surface area contributed by atoms with E-state index in [0.29, 0.717) is 0 Å². The minimum absolute atomic E-state index is 0.713. The van der Waals surface area contributed by atoms with Crippen LogP contribution < -0.4 is 10.3 Å². The van der Waals surface area contributed by atoms with Crippen molar-refractivity contribution in [2.45, 2.75) is 17.4 Å². The van der Waals surface area contributed by atoms with Gasteiger partial charge in [-0.2, -0.15) is 39.2 Å². The van der Waals surface area contributed by atoms with E-state index in [1.165, 1.54) is 6.07 Å². The molecular weight excluding hydrogens is 333 g/mol. The molecule has 21 heavy (non-hydrogen) atoms. The van der Waals surface area contributed by atoms with Gasteiger partial charge in [0.05, 0.1) is 5.69 Å². The molecule has 0 amide bonds. The number of hydrogen-bond donors (Lipinski definition) is 1. The third kappa shape index (κ3) is 2.64. The Balaban J connectivity index is 3.36. The van der Waals surface area contributed by atoms with Gasteiger partial charge in [-0.15, -0.1) is 0 Å². The Morgan fingerprint density at radius 3 is 1.71 bits per heavy atom. The highest BCUT2D eigenvalue weighted by atomic mass is 32.2. The zero-order chi connectivity index (χ0) is 16.7. The van der Waals surface area contributed by atoms with Crippen LogP contribution in [0.1, 0.15) is 0 Å². The molecule has 1 aromatic rings. The molecule has 0 aliphatic carbocycles. The van der Waals surface area contributed by atoms with Gasteiger partial charge in [0.25, 0.3) is 0 Å². The molecule has 1 rings (SSSR count). The van der Waals surface area contributed by atoms with Gasteiger partial charge in [-0.25, -0.2) is 10.3 Å². The first-order valence-corrected chi connectivity index (χ1v) is 6.38. The van der Waals surface area contributed by atoms with E-state index in [1.54, 1.807) is 0 Å². The van der Waals surface area contributed by atoms with E-state index in [2.05, 4.69) is 0 Å². The lowest BCUT2D eigenvalue weighted by Crippen LogP contribution is -2.61. The fourth-order valence-electron chi connectivity index (χ4n) is 1.16. The summed E-state index contributed by atoms with van der Waals surface area (Å²) >= 11 is 0. The van der Waals surface area contributed by atoms with E-state index < -0.39 is 37.5 Å². The molecular formula is C9H7F7N2O2S. The van der Waals surface area contributed by atoms with Gasteiger partial charge >= 0.3 is 27.4 Å². The Kier molecular flexibility index (Phi) is 4.18. The van der Waals surface area contributed by atoms with Crippen LogP contribution in [0.15, 0.2) is 30.3 Å². The number of para-hydroxylation sites is 1. The summed E-state index contributed by atoms with van der Waals surface area (Å²) < 4.78 is 110. The first-order valence-electron chi connectivity index (χ1n) is 4.94. The van der Waals surface area contributed by atoms with Crippen LogP contribution >= 0.6 is 0 Å². The summed E-state index contributed by atoms with van der Waals surface area (Å²) in [5, 5.41) is -6.48. The van der Waals surface area contributed by atoms with Gasteiger partial charge in [0, 0.05) is 0 Å². The van der Waals surface area contributed by atoms with Crippen molar-refractivity contribution in [2.24, 2.45) is 5.84 Å². The molecule has 0 aliphatic heterocycles. The smallest absolute Gasteiger partial charge is 0.233 e. The SMILES string of the molecule is NN(c1ccccc1)S(=O)(=O)C(F)(F)C(F)(F)C(F)(F)F. The van der Waals surface area contributed by atoms with Gasteiger partial charge < -0.3 is 0 Å². The largest absolute Gasteiger partial charge is 0.461 e. The molecule has 1 aromatic carbocycles. The maximum absolute atomic E-state index is 13.2. The zero-order valence-corrected chi connectivity index (χ0v) is 10.6. The van der Waals surface area contributed by atoms with E-state index in [1.807, 2.05) is 0 Å². The Morgan fingerprint density at radius 1 is 0.905 bits per heavy atom. The monoisotopic (exact) mass is 340 g/mol. The molecule has 0 unspecified atom stereocenters. The van der Waals surface area contributed by atoms with Crippen molar-refractivity contribution in [3.63, 3.8) is 0 Å². The third-order valence-electron chi connectivity index (χ3n) is 2.32. The fraction of sp³-hybridized carbons (Fsp3) is 0.333. The maximum Gasteiger partial charge on any atom is 0.461 e. The normalized spacial score (nSPS) is 14.1. The van der Waals surface area contributed by atoms with Crippen LogP contribution in [0.4, 0.5) is 36.4 Å². The van der Waals surface area contributed by atoms with Crippen molar-refractivity contribution in [3.8, 4) is 0 Å². The zero-order valence-electron chi connectivity index (χ0n) is 9.78. The molecule has 0 aliphatic rings. The van der Waals surface area contributed by atoms with Crippen LogP contribution in [-0.4, -0.2) is 25.8 Å². The van der Waals surface area contributed by atoms with Crippen molar-refractivity contribution >= 4 is 15.7 Å². The summed E-state index contributed by atoms with van der Waals surface area (Å²) in [6, 6.07) is 5.21. The average molecular weight is 340 g/mol. The number of hydrogen-bond acceptors (Lipinski definition) is 3. The van der Waals surface area contributed by atoms with Crippen molar-refractivity contribution in [3.05, 3.63) is 30.3 Å². The first kappa shape index (κ1) is 17.5. The van der Waals surface area contributed by atoms with E-state index in [-0.39, 0.29) is 0 Å². The van der Waals surface area contributed by atoms with Crippen molar-refractivity contribution in [1.82, 2.24) is 0 Å². The highest BCUT2D eigenvalue weighted by Gasteiger charge is 2.79. The molecule has 0 saturated carbocycles. The second-order valence-electron chi connectivity index (χ2n) is 3.73. The highest BCUT2D eigenvalue weighted by Crippen LogP contribution is 2.49. The van der Waals surface area contributed by atoms with Gasteiger partial charge in [-0.1, -0.05) is 18.2 Å². The molecule has 120 valence electrons. The number of anilines is 1. The summed E-state index contributed by atoms with van der Waals surface area (Å²) in [6.07, 6.45) is -6.78. The predicted octanol–water partition coefficient (Wildman–Crippen LogP) is 2.49. The Morgan fingerprint density at radius 2 is 1.33 bits per heavy atom. The second kappa shape index (κ2) is 5.02. The maximum atomic E-state index is 13.2. The Bertz CT molecular complexity index is 600. The number of rotatable bonds is 4.